The molecule has 1 atom stereocenters. The predicted molar refractivity (Wildman–Crippen MR) is 77.6 cm³/mol. The van der Waals surface area contributed by atoms with Crippen molar-refractivity contribution in [1.82, 2.24) is 10.2 Å². The molecule has 1 aromatic rings. The lowest BCUT2D eigenvalue weighted by molar-refractivity contribution is -0.129. The van der Waals surface area contributed by atoms with E-state index in [1.807, 2.05) is 6.26 Å². The highest BCUT2D eigenvalue weighted by molar-refractivity contribution is 7.98. The lowest BCUT2D eigenvalue weighted by Gasteiger charge is -2.09. The number of aliphatic hydroxyl groups excluding tert-OH is 1. The molecule has 2 N–H and O–H groups in total. The summed E-state index contributed by atoms with van der Waals surface area (Å²) < 4.78 is 5.33. The topological polar surface area (TPSA) is 82.8 Å². The summed E-state index contributed by atoms with van der Waals surface area (Å²) in [5, 5.41) is 12.1. The number of hydrogen-bond acceptors (Lipinski definition) is 5. The SMILES string of the molecule is CSCC[C@H](O)C(=O)NCc1ccc(C(=O)N(C)C)o1. The van der Waals surface area contributed by atoms with Gasteiger partial charge >= 0.3 is 0 Å². The molecule has 0 aliphatic heterocycles. The van der Waals surface area contributed by atoms with Crippen LogP contribution in [0.25, 0.3) is 0 Å². The largest absolute Gasteiger partial charge is 0.454 e. The highest BCUT2D eigenvalue weighted by Crippen LogP contribution is 2.09. The molecule has 112 valence electrons. The number of nitrogens with zero attached hydrogens (tertiary/aromatic N) is 1. The smallest absolute Gasteiger partial charge is 0.289 e. The monoisotopic (exact) mass is 300 g/mol. The Labute approximate surface area is 122 Å². The van der Waals surface area contributed by atoms with Gasteiger partial charge in [0.05, 0.1) is 6.54 Å². The number of nitrogens with one attached hydrogen (secondary N) is 1. The van der Waals surface area contributed by atoms with Gasteiger partial charge in [-0.25, -0.2) is 0 Å². The fraction of sp³-hybridized carbons (Fsp3) is 0.538. The molecule has 0 bridgehead atoms. The third kappa shape index (κ3) is 4.90. The maximum Gasteiger partial charge on any atom is 0.289 e. The molecule has 1 aromatic heterocycles. The van der Waals surface area contributed by atoms with E-state index < -0.39 is 12.0 Å². The average molecular weight is 300 g/mol. The summed E-state index contributed by atoms with van der Waals surface area (Å²) in [6, 6.07) is 3.19. The second-order valence-electron chi connectivity index (χ2n) is 4.48. The van der Waals surface area contributed by atoms with Crippen molar-refractivity contribution in [2.24, 2.45) is 0 Å². The Hall–Kier alpha value is -1.47. The molecule has 0 spiro atoms. The van der Waals surface area contributed by atoms with Gasteiger partial charge in [0.25, 0.3) is 5.91 Å². The molecule has 0 saturated heterocycles. The number of amides is 2. The van der Waals surface area contributed by atoms with Gasteiger partial charge in [0.15, 0.2) is 5.76 Å². The summed E-state index contributed by atoms with van der Waals surface area (Å²) in [4.78, 5) is 24.6. The lowest BCUT2D eigenvalue weighted by Crippen LogP contribution is -2.34. The van der Waals surface area contributed by atoms with E-state index in [4.69, 9.17) is 4.42 Å². The van der Waals surface area contributed by atoms with Crippen LogP contribution in [0, 0.1) is 0 Å². The quantitative estimate of drug-likeness (QED) is 0.775. The van der Waals surface area contributed by atoms with Crippen LogP contribution in [0.2, 0.25) is 0 Å². The van der Waals surface area contributed by atoms with E-state index in [9.17, 15) is 14.7 Å². The van der Waals surface area contributed by atoms with Crippen LogP contribution in [0.4, 0.5) is 0 Å². The summed E-state index contributed by atoms with van der Waals surface area (Å²) in [5.41, 5.74) is 0. The van der Waals surface area contributed by atoms with Crippen molar-refractivity contribution in [3.05, 3.63) is 23.7 Å². The molecule has 1 rings (SSSR count). The van der Waals surface area contributed by atoms with Gasteiger partial charge in [0.1, 0.15) is 11.9 Å². The van der Waals surface area contributed by atoms with Crippen molar-refractivity contribution in [3.8, 4) is 0 Å². The number of aliphatic hydroxyl groups is 1. The second kappa shape index (κ2) is 7.96. The Kier molecular flexibility index (Phi) is 6.60. The van der Waals surface area contributed by atoms with Crippen molar-refractivity contribution in [3.63, 3.8) is 0 Å². The number of carbonyl (C=O) groups excluding carboxylic acids is 2. The van der Waals surface area contributed by atoms with Gasteiger partial charge in [-0.05, 0) is 30.6 Å². The number of rotatable bonds is 7. The maximum atomic E-state index is 11.6. The summed E-state index contributed by atoms with van der Waals surface area (Å²) in [7, 11) is 3.27. The van der Waals surface area contributed by atoms with E-state index in [0.29, 0.717) is 12.2 Å². The van der Waals surface area contributed by atoms with Crippen LogP contribution in [0.1, 0.15) is 22.7 Å². The number of furan rings is 1. The van der Waals surface area contributed by atoms with Crippen molar-refractivity contribution in [1.29, 1.82) is 0 Å². The Balaban J connectivity index is 2.46. The normalized spacial score (nSPS) is 12.0. The van der Waals surface area contributed by atoms with Crippen LogP contribution < -0.4 is 5.32 Å². The third-order valence-corrected chi connectivity index (χ3v) is 3.26. The lowest BCUT2D eigenvalue weighted by atomic mass is 10.2. The van der Waals surface area contributed by atoms with Gasteiger partial charge in [0.2, 0.25) is 5.91 Å². The molecule has 20 heavy (non-hydrogen) atoms. The number of carbonyl (C=O) groups is 2. The molecule has 6 nitrogen and oxygen atoms in total. The van der Waals surface area contributed by atoms with Crippen LogP contribution in [-0.2, 0) is 11.3 Å². The zero-order valence-corrected chi connectivity index (χ0v) is 12.7. The van der Waals surface area contributed by atoms with Crippen LogP contribution in [0.15, 0.2) is 16.5 Å². The molecule has 0 saturated carbocycles. The van der Waals surface area contributed by atoms with Gasteiger partial charge in [-0.3, -0.25) is 9.59 Å². The summed E-state index contributed by atoms with van der Waals surface area (Å²) >= 11 is 1.57. The van der Waals surface area contributed by atoms with E-state index in [0.717, 1.165) is 5.75 Å². The highest BCUT2D eigenvalue weighted by Gasteiger charge is 2.16. The van der Waals surface area contributed by atoms with E-state index >= 15 is 0 Å². The van der Waals surface area contributed by atoms with Crippen LogP contribution >= 0.6 is 11.8 Å². The van der Waals surface area contributed by atoms with Crippen LogP contribution in [-0.4, -0.2) is 54.0 Å². The van der Waals surface area contributed by atoms with E-state index in [1.165, 1.54) is 4.90 Å². The molecular formula is C13H20N2O4S. The Morgan fingerprint density at radius 1 is 1.45 bits per heavy atom. The first-order valence-corrected chi connectivity index (χ1v) is 7.60. The number of hydrogen-bond donors (Lipinski definition) is 2. The molecule has 0 radical (unpaired) electrons. The minimum atomic E-state index is -1.01. The highest BCUT2D eigenvalue weighted by atomic mass is 32.2. The molecule has 0 aromatic carbocycles. The first-order valence-electron chi connectivity index (χ1n) is 6.20. The Bertz CT molecular complexity index is 459. The zero-order chi connectivity index (χ0) is 15.1. The first-order chi connectivity index (χ1) is 9.45. The molecule has 0 unspecified atom stereocenters. The van der Waals surface area contributed by atoms with Gasteiger partial charge in [0, 0.05) is 14.1 Å². The fourth-order valence-corrected chi connectivity index (χ4v) is 1.92. The molecule has 0 fully saturated rings. The maximum absolute atomic E-state index is 11.6. The van der Waals surface area contributed by atoms with Crippen molar-refractivity contribution in [2.45, 2.75) is 19.1 Å². The van der Waals surface area contributed by atoms with Crippen molar-refractivity contribution in [2.75, 3.05) is 26.1 Å². The Morgan fingerprint density at radius 3 is 2.75 bits per heavy atom. The molecule has 0 aliphatic carbocycles. The van der Waals surface area contributed by atoms with Gasteiger partial charge < -0.3 is 19.7 Å². The van der Waals surface area contributed by atoms with Gasteiger partial charge in [-0.1, -0.05) is 0 Å². The molecule has 0 aliphatic rings. The van der Waals surface area contributed by atoms with E-state index in [-0.39, 0.29) is 18.2 Å². The van der Waals surface area contributed by atoms with E-state index in [2.05, 4.69) is 5.32 Å². The van der Waals surface area contributed by atoms with Crippen LogP contribution in [0.3, 0.4) is 0 Å². The number of thioether (sulfide) groups is 1. The van der Waals surface area contributed by atoms with Crippen molar-refractivity contribution >= 4 is 23.6 Å². The minimum Gasteiger partial charge on any atom is -0.454 e. The zero-order valence-electron chi connectivity index (χ0n) is 11.9. The Morgan fingerprint density at radius 2 is 2.15 bits per heavy atom. The molecular weight excluding hydrogens is 280 g/mol. The molecule has 2 amide bonds. The standard InChI is InChI=1S/C13H20N2O4S/c1-15(2)13(18)11-5-4-9(19-11)8-14-12(17)10(16)6-7-20-3/h4-5,10,16H,6-8H2,1-3H3,(H,14,17)/t10-/m0/s1. The third-order valence-electron chi connectivity index (χ3n) is 2.61. The van der Waals surface area contributed by atoms with Crippen LogP contribution in [0.5, 0.6) is 0 Å². The summed E-state index contributed by atoms with van der Waals surface area (Å²) in [6.07, 6.45) is 1.31. The first kappa shape index (κ1) is 16.6. The van der Waals surface area contributed by atoms with E-state index in [1.54, 1.807) is 38.0 Å². The molecule has 7 heteroatoms. The van der Waals surface area contributed by atoms with Gasteiger partial charge in [-0.2, -0.15) is 11.8 Å². The average Bonchev–Trinajstić information content (AvgIpc) is 2.89. The second-order valence-corrected chi connectivity index (χ2v) is 5.47. The fourth-order valence-electron chi connectivity index (χ4n) is 1.46. The minimum absolute atomic E-state index is 0.149. The summed E-state index contributed by atoms with van der Waals surface area (Å²) in [5.74, 6) is 0.748. The van der Waals surface area contributed by atoms with Crippen molar-refractivity contribution < 1.29 is 19.1 Å². The summed E-state index contributed by atoms with van der Waals surface area (Å²) in [6.45, 7) is 0.149. The predicted octanol–water partition coefficient (Wildman–Crippen LogP) is 0.712. The van der Waals surface area contributed by atoms with Gasteiger partial charge in [-0.15, -0.1) is 0 Å². The molecule has 1 heterocycles.